The highest BCUT2D eigenvalue weighted by molar-refractivity contribution is 9.10. The van der Waals surface area contributed by atoms with E-state index in [1.165, 1.54) is 12.4 Å². The molecule has 0 radical (unpaired) electrons. The fraction of sp³-hybridized carbons (Fsp3) is 0.143. The van der Waals surface area contributed by atoms with Crippen LogP contribution in [-0.2, 0) is 9.59 Å². The van der Waals surface area contributed by atoms with Crippen molar-refractivity contribution in [2.75, 3.05) is 4.90 Å². The Balaban J connectivity index is 1.93. The van der Waals surface area contributed by atoms with E-state index < -0.39 is 5.92 Å². The van der Waals surface area contributed by atoms with E-state index in [0.29, 0.717) is 4.60 Å². The van der Waals surface area contributed by atoms with Crippen LogP contribution in [0.2, 0.25) is 0 Å². The van der Waals surface area contributed by atoms with Gasteiger partial charge in [-0.15, -0.1) is 0 Å². The maximum absolute atomic E-state index is 12.4. The van der Waals surface area contributed by atoms with Crippen molar-refractivity contribution in [3.05, 3.63) is 52.9 Å². The molecule has 2 heterocycles. The van der Waals surface area contributed by atoms with E-state index in [1.807, 2.05) is 30.3 Å². The summed E-state index contributed by atoms with van der Waals surface area (Å²) in [5.41, 5.74) is 0.846. The molecule has 1 aliphatic rings. The minimum Gasteiger partial charge on any atom is -0.274 e. The van der Waals surface area contributed by atoms with Crippen molar-refractivity contribution >= 4 is 33.6 Å². The molecule has 1 aromatic heterocycles. The summed E-state index contributed by atoms with van der Waals surface area (Å²) in [7, 11) is 0. The van der Waals surface area contributed by atoms with Crippen LogP contribution in [0.1, 0.15) is 17.9 Å². The quantitative estimate of drug-likeness (QED) is 0.792. The van der Waals surface area contributed by atoms with Crippen LogP contribution in [0.15, 0.2) is 47.3 Å². The van der Waals surface area contributed by atoms with Gasteiger partial charge in [0.1, 0.15) is 4.60 Å². The second kappa shape index (κ2) is 5.13. The minimum atomic E-state index is -0.436. The van der Waals surface area contributed by atoms with Gasteiger partial charge < -0.3 is 0 Å². The fourth-order valence-corrected chi connectivity index (χ4v) is 2.44. The Morgan fingerprint density at radius 3 is 2.50 bits per heavy atom. The second-order valence-corrected chi connectivity index (χ2v) is 5.24. The Labute approximate surface area is 123 Å². The molecule has 5 nitrogen and oxygen atoms in total. The number of hydrogen-bond acceptors (Lipinski definition) is 4. The number of amides is 2. The Morgan fingerprint density at radius 2 is 1.85 bits per heavy atom. The zero-order valence-corrected chi connectivity index (χ0v) is 11.9. The predicted octanol–water partition coefficient (Wildman–Crippen LogP) is 2.29. The number of aromatic nitrogens is 2. The Bertz CT molecular complexity index is 658. The number of imide groups is 1. The number of anilines is 1. The van der Waals surface area contributed by atoms with Gasteiger partial charge in [0, 0.05) is 6.42 Å². The van der Waals surface area contributed by atoms with E-state index in [9.17, 15) is 9.59 Å². The van der Waals surface area contributed by atoms with Crippen molar-refractivity contribution < 1.29 is 9.59 Å². The number of carbonyl (C=O) groups is 2. The first-order valence-corrected chi connectivity index (χ1v) is 6.85. The minimum absolute atomic E-state index is 0.167. The summed E-state index contributed by atoms with van der Waals surface area (Å²) >= 11 is 3.17. The van der Waals surface area contributed by atoms with Gasteiger partial charge >= 0.3 is 0 Å². The summed E-state index contributed by atoms with van der Waals surface area (Å²) in [5.74, 6) is -0.672. The fourth-order valence-electron chi connectivity index (χ4n) is 2.24. The van der Waals surface area contributed by atoms with Gasteiger partial charge in [0.25, 0.3) is 0 Å². The Kier molecular flexibility index (Phi) is 3.31. The van der Waals surface area contributed by atoms with Crippen LogP contribution >= 0.6 is 15.9 Å². The molecular formula is C14H10BrN3O2. The summed E-state index contributed by atoms with van der Waals surface area (Å²) < 4.78 is 0.556. The monoisotopic (exact) mass is 331 g/mol. The van der Waals surface area contributed by atoms with Crippen molar-refractivity contribution in [3.8, 4) is 0 Å². The molecule has 1 aliphatic heterocycles. The predicted molar refractivity (Wildman–Crippen MR) is 76.0 cm³/mol. The van der Waals surface area contributed by atoms with Gasteiger partial charge in [-0.25, -0.2) is 14.9 Å². The molecular weight excluding hydrogens is 322 g/mol. The van der Waals surface area contributed by atoms with Crippen LogP contribution in [0.5, 0.6) is 0 Å². The molecule has 0 saturated carbocycles. The number of halogens is 1. The molecule has 1 atom stereocenters. The molecule has 20 heavy (non-hydrogen) atoms. The van der Waals surface area contributed by atoms with E-state index >= 15 is 0 Å². The lowest BCUT2D eigenvalue weighted by atomic mass is 9.98. The first-order valence-electron chi connectivity index (χ1n) is 6.06. The Hall–Kier alpha value is -2.08. The maximum Gasteiger partial charge on any atom is 0.243 e. The highest BCUT2D eigenvalue weighted by Gasteiger charge is 2.41. The van der Waals surface area contributed by atoms with E-state index in [2.05, 4.69) is 25.9 Å². The summed E-state index contributed by atoms with van der Waals surface area (Å²) in [6.07, 6.45) is 3.04. The lowest BCUT2D eigenvalue weighted by Gasteiger charge is -2.13. The lowest BCUT2D eigenvalue weighted by molar-refractivity contribution is -0.121. The van der Waals surface area contributed by atoms with Gasteiger partial charge in [0.05, 0.1) is 18.3 Å². The molecule has 0 N–H and O–H groups in total. The van der Waals surface area contributed by atoms with Gasteiger partial charge in [-0.3, -0.25) is 9.59 Å². The van der Waals surface area contributed by atoms with Crippen LogP contribution in [0.4, 0.5) is 5.82 Å². The standard InChI is InChI=1S/C14H10BrN3O2/c15-11-7-17-12(8-16-11)18-13(19)6-10(14(18)20)9-4-2-1-3-5-9/h1-5,7-8,10H,6H2. The third kappa shape index (κ3) is 2.22. The Morgan fingerprint density at radius 1 is 1.10 bits per heavy atom. The van der Waals surface area contributed by atoms with Gasteiger partial charge in [-0.05, 0) is 21.5 Å². The van der Waals surface area contributed by atoms with Gasteiger partial charge in [0.2, 0.25) is 11.8 Å². The number of hydrogen-bond donors (Lipinski definition) is 0. The highest BCUT2D eigenvalue weighted by Crippen LogP contribution is 2.31. The first-order chi connectivity index (χ1) is 9.66. The van der Waals surface area contributed by atoms with Gasteiger partial charge in [-0.2, -0.15) is 0 Å². The third-order valence-corrected chi connectivity index (χ3v) is 3.59. The highest BCUT2D eigenvalue weighted by atomic mass is 79.9. The van der Waals surface area contributed by atoms with Crippen molar-refractivity contribution in [1.82, 2.24) is 9.97 Å². The zero-order valence-electron chi connectivity index (χ0n) is 10.4. The maximum atomic E-state index is 12.4. The largest absolute Gasteiger partial charge is 0.274 e. The SMILES string of the molecule is O=C1CC(c2ccccc2)C(=O)N1c1cnc(Br)cn1. The zero-order chi connectivity index (χ0) is 14.1. The molecule has 0 bridgehead atoms. The van der Waals surface area contributed by atoms with Crippen LogP contribution in [0.25, 0.3) is 0 Å². The van der Waals surface area contributed by atoms with E-state index in [-0.39, 0.29) is 24.1 Å². The average Bonchev–Trinajstić information content (AvgIpc) is 2.76. The number of benzene rings is 1. The molecule has 6 heteroatoms. The molecule has 100 valence electrons. The molecule has 3 rings (SSSR count). The van der Waals surface area contributed by atoms with Gasteiger partial charge in [0.15, 0.2) is 5.82 Å². The summed E-state index contributed by atoms with van der Waals surface area (Å²) in [5, 5.41) is 0. The third-order valence-electron chi connectivity index (χ3n) is 3.18. The van der Waals surface area contributed by atoms with Crippen LogP contribution < -0.4 is 4.90 Å². The lowest BCUT2D eigenvalue weighted by Crippen LogP contribution is -2.30. The van der Waals surface area contributed by atoms with Crippen molar-refractivity contribution in [2.45, 2.75) is 12.3 Å². The van der Waals surface area contributed by atoms with E-state index in [1.54, 1.807) is 0 Å². The summed E-state index contributed by atoms with van der Waals surface area (Å²) in [6, 6.07) is 9.30. The van der Waals surface area contributed by atoms with Crippen LogP contribution in [0.3, 0.4) is 0 Å². The topological polar surface area (TPSA) is 63.2 Å². The molecule has 0 spiro atoms. The number of rotatable bonds is 2. The molecule has 2 aromatic rings. The van der Waals surface area contributed by atoms with Crippen molar-refractivity contribution in [1.29, 1.82) is 0 Å². The molecule has 2 amide bonds. The normalized spacial score (nSPS) is 18.6. The van der Waals surface area contributed by atoms with Crippen LogP contribution in [-0.4, -0.2) is 21.8 Å². The molecule has 0 aliphatic carbocycles. The smallest absolute Gasteiger partial charge is 0.243 e. The first kappa shape index (κ1) is 12.9. The molecule has 1 saturated heterocycles. The average molecular weight is 332 g/mol. The number of carbonyl (C=O) groups excluding carboxylic acids is 2. The van der Waals surface area contributed by atoms with Crippen molar-refractivity contribution in [2.24, 2.45) is 0 Å². The van der Waals surface area contributed by atoms with E-state index in [4.69, 9.17) is 0 Å². The molecule has 1 unspecified atom stereocenters. The molecule has 1 aromatic carbocycles. The summed E-state index contributed by atoms with van der Waals surface area (Å²) in [4.78, 5) is 33.7. The summed E-state index contributed by atoms with van der Waals surface area (Å²) in [6.45, 7) is 0. The number of nitrogens with zero attached hydrogens (tertiary/aromatic N) is 3. The van der Waals surface area contributed by atoms with Crippen LogP contribution in [0, 0.1) is 0 Å². The van der Waals surface area contributed by atoms with Crippen molar-refractivity contribution in [3.63, 3.8) is 0 Å². The van der Waals surface area contributed by atoms with Gasteiger partial charge in [-0.1, -0.05) is 30.3 Å². The second-order valence-electron chi connectivity index (χ2n) is 4.43. The van der Waals surface area contributed by atoms with E-state index in [0.717, 1.165) is 10.5 Å². The molecule has 1 fully saturated rings.